The zero-order valence-electron chi connectivity index (χ0n) is 11.8. The number of piperidine rings is 1. The monoisotopic (exact) mass is 260 g/mol. The van der Waals surface area contributed by atoms with Gasteiger partial charge in [0.2, 0.25) is 0 Å². The van der Waals surface area contributed by atoms with Crippen LogP contribution in [0.4, 0.5) is 5.69 Å². The van der Waals surface area contributed by atoms with E-state index in [1.807, 2.05) is 0 Å². The fraction of sp³-hybridized carbons (Fsp3) is 0.625. The molecule has 0 saturated carbocycles. The number of fused-ring (bicyclic) bond motifs is 1. The van der Waals surface area contributed by atoms with Gasteiger partial charge in [-0.1, -0.05) is 13.0 Å². The molecule has 1 aromatic rings. The number of benzene rings is 1. The van der Waals surface area contributed by atoms with Crippen LogP contribution >= 0.6 is 0 Å². The van der Waals surface area contributed by atoms with Gasteiger partial charge in [0.1, 0.15) is 11.9 Å². The van der Waals surface area contributed by atoms with E-state index in [2.05, 4.69) is 35.3 Å². The third-order valence-corrected chi connectivity index (χ3v) is 4.23. The largest absolute Gasteiger partial charge is 0.489 e. The van der Waals surface area contributed by atoms with Gasteiger partial charge >= 0.3 is 0 Å². The van der Waals surface area contributed by atoms with Crippen molar-refractivity contribution in [2.24, 2.45) is 0 Å². The Hall–Kier alpha value is -1.22. The minimum absolute atomic E-state index is 0.357. The van der Waals surface area contributed by atoms with Gasteiger partial charge in [-0.05, 0) is 50.4 Å². The van der Waals surface area contributed by atoms with Crippen molar-refractivity contribution in [3.8, 4) is 5.75 Å². The first kappa shape index (κ1) is 12.8. The molecule has 0 spiro atoms. The van der Waals surface area contributed by atoms with Crippen molar-refractivity contribution >= 4 is 5.69 Å². The van der Waals surface area contributed by atoms with Gasteiger partial charge in [-0.3, -0.25) is 4.90 Å². The Morgan fingerprint density at radius 2 is 2.32 bits per heavy atom. The van der Waals surface area contributed by atoms with Crippen LogP contribution in [0.1, 0.15) is 31.7 Å². The number of hydrogen-bond acceptors (Lipinski definition) is 3. The Morgan fingerprint density at radius 3 is 3.21 bits per heavy atom. The number of likely N-dealkylation sites (tertiary alicyclic amines) is 1. The number of rotatable bonds is 3. The maximum absolute atomic E-state index is 6.17. The number of ether oxygens (including phenoxy) is 1. The summed E-state index contributed by atoms with van der Waals surface area (Å²) in [5, 5.41) is 3.47. The molecule has 1 N–H and O–H groups in total. The van der Waals surface area contributed by atoms with Crippen LogP contribution in [0.2, 0.25) is 0 Å². The first-order valence-electron chi connectivity index (χ1n) is 7.61. The SMILES string of the molecule is CCN1CCCC(Oc2ccc3c(c2)NCCC3)C1. The second-order valence-corrected chi connectivity index (χ2v) is 5.62. The van der Waals surface area contributed by atoms with Gasteiger partial charge < -0.3 is 10.1 Å². The van der Waals surface area contributed by atoms with E-state index in [0.29, 0.717) is 6.10 Å². The van der Waals surface area contributed by atoms with Crippen LogP contribution in [-0.4, -0.2) is 37.2 Å². The molecule has 1 aromatic carbocycles. The second kappa shape index (κ2) is 5.83. The van der Waals surface area contributed by atoms with Crippen molar-refractivity contribution in [2.45, 2.75) is 38.7 Å². The summed E-state index contributed by atoms with van der Waals surface area (Å²) in [5.41, 5.74) is 2.70. The minimum Gasteiger partial charge on any atom is -0.489 e. The smallest absolute Gasteiger partial charge is 0.121 e. The quantitative estimate of drug-likeness (QED) is 0.904. The Labute approximate surface area is 115 Å². The lowest BCUT2D eigenvalue weighted by atomic mass is 10.0. The normalized spacial score (nSPS) is 23.5. The summed E-state index contributed by atoms with van der Waals surface area (Å²) in [4.78, 5) is 2.48. The number of nitrogens with one attached hydrogen (secondary N) is 1. The molecule has 2 aliphatic rings. The highest BCUT2D eigenvalue weighted by atomic mass is 16.5. The fourth-order valence-corrected chi connectivity index (χ4v) is 3.10. The third kappa shape index (κ3) is 3.03. The van der Waals surface area contributed by atoms with Crippen molar-refractivity contribution in [3.63, 3.8) is 0 Å². The second-order valence-electron chi connectivity index (χ2n) is 5.62. The molecule has 19 heavy (non-hydrogen) atoms. The van der Waals surface area contributed by atoms with Gasteiger partial charge in [0.25, 0.3) is 0 Å². The summed E-state index contributed by atoms with van der Waals surface area (Å²) >= 11 is 0. The van der Waals surface area contributed by atoms with Crippen molar-refractivity contribution in [2.75, 3.05) is 31.5 Å². The molecule has 0 amide bonds. The molecule has 3 heteroatoms. The lowest BCUT2D eigenvalue weighted by molar-refractivity contribution is 0.0920. The van der Waals surface area contributed by atoms with E-state index in [1.54, 1.807) is 0 Å². The predicted molar refractivity (Wildman–Crippen MR) is 79.0 cm³/mol. The van der Waals surface area contributed by atoms with Crippen molar-refractivity contribution < 1.29 is 4.74 Å². The van der Waals surface area contributed by atoms with Crippen molar-refractivity contribution in [1.82, 2.24) is 4.90 Å². The van der Waals surface area contributed by atoms with E-state index in [-0.39, 0.29) is 0 Å². The molecule has 3 rings (SSSR count). The number of likely N-dealkylation sites (N-methyl/N-ethyl adjacent to an activating group) is 1. The van der Waals surface area contributed by atoms with Crippen molar-refractivity contribution in [3.05, 3.63) is 23.8 Å². The molecule has 104 valence electrons. The van der Waals surface area contributed by atoms with E-state index in [4.69, 9.17) is 4.74 Å². The Kier molecular flexibility index (Phi) is 3.92. The highest BCUT2D eigenvalue weighted by Gasteiger charge is 2.20. The molecular weight excluding hydrogens is 236 g/mol. The molecule has 1 atom stereocenters. The zero-order valence-corrected chi connectivity index (χ0v) is 11.8. The summed E-state index contributed by atoms with van der Waals surface area (Å²) in [6.07, 6.45) is 5.22. The summed E-state index contributed by atoms with van der Waals surface area (Å²) in [6.45, 7) is 6.74. The summed E-state index contributed by atoms with van der Waals surface area (Å²) in [7, 11) is 0. The Bertz CT molecular complexity index is 433. The first-order valence-corrected chi connectivity index (χ1v) is 7.61. The maximum Gasteiger partial charge on any atom is 0.121 e. The highest BCUT2D eigenvalue weighted by Crippen LogP contribution is 2.28. The standard InChI is InChI=1S/C16H24N2O/c1-2-18-10-4-6-15(12-18)19-14-8-7-13-5-3-9-17-16(13)11-14/h7-8,11,15,17H,2-6,9-10,12H2,1H3. The molecule has 1 saturated heterocycles. The van der Waals surface area contributed by atoms with E-state index < -0.39 is 0 Å². The van der Waals surface area contributed by atoms with Gasteiger partial charge in [0.15, 0.2) is 0 Å². The lowest BCUT2D eigenvalue weighted by Crippen LogP contribution is -2.40. The zero-order chi connectivity index (χ0) is 13.1. The molecule has 1 unspecified atom stereocenters. The molecule has 0 radical (unpaired) electrons. The molecule has 3 nitrogen and oxygen atoms in total. The lowest BCUT2D eigenvalue weighted by Gasteiger charge is -2.32. The van der Waals surface area contributed by atoms with Crippen LogP contribution in [0.3, 0.4) is 0 Å². The Balaban J connectivity index is 1.66. The molecule has 1 fully saturated rings. The molecule has 0 aliphatic carbocycles. The van der Waals surface area contributed by atoms with Gasteiger partial charge in [-0.2, -0.15) is 0 Å². The average Bonchev–Trinajstić information content (AvgIpc) is 2.47. The molecular formula is C16H24N2O. The van der Waals surface area contributed by atoms with Crippen molar-refractivity contribution in [1.29, 1.82) is 0 Å². The molecule has 2 heterocycles. The van der Waals surface area contributed by atoms with E-state index >= 15 is 0 Å². The van der Waals surface area contributed by atoms with E-state index in [0.717, 1.165) is 25.4 Å². The molecule has 0 aromatic heterocycles. The Morgan fingerprint density at radius 1 is 1.37 bits per heavy atom. The summed E-state index contributed by atoms with van der Waals surface area (Å²) in [5.74, 6) is 1.02. The van der Waals surface area contributed by atoms with Crippen LogP contribution in [0, 0.1) is 0 Å². The number of hydrogen-bond donors (Lipinski definition) is 1. The van der Waals surface area contributed by atoms with E-state index in [1.165, 1.54) is 43.5 Å². The number of aryl methyl sites for hydroxylation is 1. The number of nitrogens with zero attached hydrogens (tertiary/aromatic N) is 1. The van der Waals surface area contributed by atoms with Gasteiger partial charge in [0.05, 0.1) is 0 Å². The van der Waals surface area contributed by atoms with Crippen LogP contribution in [0.5, 0.6) is 5.75 Å². The predicted octanol–water partition coefficient (Wildman–Crippen LogP) is 2.91. The van der Waals surface area contributed by atoms with Gasteiger partial charge in [-0.15, -0.1) is 0 Å². The van der Waals surface area contributed by atoms with Gasteiger partial charge in [-0.25, -0.2) is 0 Å². The van der Waals surface area contributed by atoms with Gasteiger partial charge in [0, 0.05) is 24.8 Å². The number of anilines is 1. The van der Waals surface area contributed by atoms with Crippen LogP contribution in [0.15, 0.2) is 18.2 Å². The van der Waals surface area contributed by atoms with Crippen LogP contribution in [-0.2, 0) is 6.42 Å². The fourth-order valence-electron chi connectivity index (χ4n) is 3.10. The summed E-state index contributed by atoms with van der Waals surface area (Å²) < 4.78 is 6.17. The first-order chi connectivity index (χ1) is 9.35. The summed E-state index contributed by atoms with van der Waals surface area (Å²) in [6, 6.07) is 6.54. The minimum atomic E-state index is 0.357. The molecule has 2 aliphatic heterocycles. The van der Waals surface area contributed by atoms with Crippen LogP contribution < -0.4 is 10.1 Å². The third-order valence-electron chi connectivity index (χ3n) is 4.23. The topological polar surface area (TPSA) is 24.5 Å². The average molecular weight is 260 g/mol. The van der Waals surface area contributed by atoms with Crippen LogP contribution in [0.25, 0.3) is 0 Å². The van der Waals surface area contributed by atoms with E-state index in [9.17, 15) is 0 Å². The maximum atomic E-state index is 6.17. The highest BCUT2D eigenvalue weighted by molar-refractivity contribution is 5.56. The molecule has 0 bridgehead atoms.